The first-order valence-corrected chi connectivity index (χ1v) is 18.2. The van der Waals surface area contributed by atoms with Crippen molar-refractivity contribution in [1.82, 2.24) is 15.0 Å². The lowest BCUT2D eigenvalue weighted by Crippen LogP contribution is -2.29. The van der Waals surface area contributed by atoms with Gasteiger partial charge in [0.2, 0.25) is 5.28 Å². The van der Waals surface area contributed by atoms with Crippen molar-refractivity contribution in [3.8, 4) is 45.0 Å². The number of halogens is 1. The Bertz CT molecular complexity index is 2740. The molecule has 0 radical (unpaired) electrons. The normalized spacial score (nSPS) is 13.0. The minimum Gasteiger partial charge on any atom is -0.208 e. The lowest BCUT2D eigenvalue weighted by Gasteiger charge is -2.35. The number of thiophene rings is 1. The van der Waals surface area contributed by atoms with Gasteiger partial charge in [-0.2, -0.15) is 9.97 Å². The molecule has 0 fully saturated rings. The summed E-state index contributed by atoms with van der Waals surface area (Å²) in [4.78, 5) is 14.2. The van der Waals surface area contributed by atoms with Crippen LogP contribution in [0.2, 0.25) is 5.28 Å². The fraction of sp³-hybridized carbons (Fsp3) is 0.0217. The predicted octanol–water partition coefficient (Wildman–Crippen LogP) is 12.3. The molecular weight excluding hydrogens is 662 g/mol. The molecule has 7 aromatic carbocycles. The van der Waals surface area contributed by atoms with Crippen molar-refractivity contribution in [2.75, 3.05) is 0 Å². The summed E-state index contributed by atoms with van der Waals surface area (Å²) in [6.07, 6.45) is 0. The predicted molar refractivity (Wildman–Crippen MR) is 211 cm³/mol. The molecule has 240 valence electrons. The number of aromatic nitrogens is 3. The third-order valence-electron chi connectivity index (χ3n) is 10.2. The highest BCUT2D eigenvalue weighted by atomic mass is 35.5. The Kier molecular flexibility index (Phi) is 6.95. The maximum Gasteiger partial charge on any atom is 0.226 e. The van der Waals surface area contributed by atoms with Crippen LogP contribution in [0.15, 0.2) is 170 Å². The van der Waals surface area contributed by atoms with Crippen molar-refractivity contribution in [2.24, 2.45) is 0 Å². The average molecular weight is 690 g/mol. The Balaban J connectivity index is 1.13. The highest BCUT2D eigenvalue weighted by molar-refractivity contribution is 7.25. The van der Waals surface area contributed by atoms with E-state index in [1.165, 1.54) is 53.6 Å². The summed E-state index contributed by atoms with van der Waals surface area (Å²) in [5.74, 6) is 1.09. The molecule has 2 heterocycles. The highest BCUT2D eigenvalue weighted by Gasteiger charge is 2.46. The Morgan fingerprint density at radius 1 is 0.412 bits per heavy atom. The molecule has 0 aliphatic heterocycles. The average Bonchev–Trinajstić information content (AvgIpc) is 3.72. The largest absolute Gasteiger partial charge is 0.226 e. The van der Waals surface area contributed by atoms with Gasteiger partial charge >= 0.3 is 0 Å². The van der Waals surface area contributed by atoms with E-state index in [0.29, 0.717) is 11.6 Å². The van der Waals surface area contributed by atoms with Gasteiger partial charge in [-0.15, -0.1) is 11.3 Å². The SMILES string of the molecule is Clc1nc(-c2cccc(-c3ccccc3C3(c4ccccc4)c4ccccc4-c4ccccc43)c2)nc(-c2ccc3c(c2)sc2ccccc23)n1. The third kappa shape index (κ3) is 4.68. The Labute approximate surface area is 304 Å². The molecule has 0 unspecified atom stereocenters. The quantitative estimate of drug-likeness (QED) is 0.180. The van der Waals surface area contributed by atoms with Gasteiger partial charge in [0, 0.05) is 31.3 Å². The van der Waals surface area contributed by atoms with E-state index in [4.69, 9.17) is 16.6 Å². The summed E-state index contributed by atoms with van der Waals surface area (Å²) in [5, 5.41) is 2.65. The van der Waals surface area contributed by atoms with Gasteiger partial charge in [-0.1, -0.05) is 152 Å². The van der Waals surface area contributed by atoms with Crippen LogP contribution in [0.5, 0.6) is 0 Å². The Hall–Kier alpha value is -5.94. The van der Waals surface area contributed by atoms with Gasteiger partial charge in [-0.3, -0.25) is 0 Å². The molecule has 1 aliphatic rings. The Morgan fingerprint density at radius 2 is 0.961 bits per heavy atom. The standard InChI is InChI=1S/C46H28ClN3S/c47-45-49-43(48-44(50-45)31-25-26-37-36-20-7-11-24-41(36)51-42(37)28-31)30-14-12-13-29(27-30)33-17-4-8-21-38(33)46(32-15-2-1-3-16-32)39-22-9-5-18-34(39)35-19-6-10-23-40(35)46/h1-28H. The van der Waals surface area contributed by atoms with Gasteiger partial charge in [-0.05, 0) is 74.3 Å². The molecule has 0 saturated carbocycles. The molecule has 0 amide bonds. The molecule has 5 heteroatoms. The molecule has 10 rings (SSSR count). The second-order valence-corrected chi connectivity index (χ2v) is 14.3. The van der Waals surface area contributed by atoms with Gasteiger partial charge in [0.05, 0.1) is 5.41 Å². The molecular formula is C46H28ClN3S. The molecule has 0 bridgehead atoms. The fourth-order valence-electron chi connectivity index (χ4n) is 8.04. The number of fused-ring (bicyclic) bond motifs is 6. The van der Waals surface area contributed by atoms with Crippen LogP contribution in [-0.2, 0) is 5.41 Å². The van der Waals surface area contributed by atoms with Gasteiger partial charge in [0.1, 0.15) is 0 Å². The second-order valence-electron chi connectivity index (χ2n) is 12.9. The van der Waals surface area contributed by atoms with Gasteiger partial charge in [0.15, 0.2) is 11.6 Å². The van der Waals surface area contributed by atoms with Crippen LogP contribution >= 0.6 is 22.9 Å². The van der Waals surface area contributed by atoms with E-state index in [-0.39, 0.29) is 5.28 Å². The topological polar surface area (TPSA) is 38.7 Å². The van der Waals surface area contributed by atoms with Crippen molar-refractivity contribution >= 4 is 43.1 Å². The van der Waals surface area contributed by atoms with Crippen molar-refractivity contribution in [3.63, 3.8) is 0 Å². The zero-order chi connectivity index (χ0) is 33.9. The monoisotopic (exact) mass is 689 g/mol. The molecule has 0 N–H and O–H groups in total. The highest BCUT2D eigenvalue weighted by Crippen LogP contribution is 2.57. The number of hydrogen-bond acceptors (Lipinski definition) is 4. The second kappa shape index (κ2) is 11.8. The zero-order valence-electron chi connectivity index (χ0n) is 27.3. The van der Waals surface area contributed by atoms with Gasteiger partial charge in [0.25, 0.3) is 0 Å². The van der Waals surface area contributed by atoms with Crippen molar-refractivity contribution in [1.29, 1.82) is 0 Å². The molecule has 0 saturated heterocycles. The van der Waals surface area contributed by atoms with E-state index in [1.54, 1.807) is 11.3 Å². The molecule has 51 heavy (non-hydrogen) atoms. The van der Waals surface area contributed by atoms with E-state index in [1.807, 2.05) is 6.07 Å². The molecule has 1 aliphatic carbocycles. The van der Waals surface area contributed by atoms with Crippen LogP contribution in [0.25, 0.3) is 65.2 Å². The van der Waals surface area contributed by atoms with E-state index >= 15 is 0 Å². The maximum absolute atomic E-state index is 6.62. The first-order chi connectivity index (χ1) is 25.2. The number of benzene rings is 7. The number of hydrogen-bond donors (Lipinski definition) is 0. The van der Waals surface area contributed by atoms with Gasteiger partial charge < -0.3 is 0 Å². The van der Waals surface area contributed by atoms with Gasteiger partial charge in [-0.25, -0.2) is 4.98 Å². The van der Waals surface area contributed by atoms with Crippen LogP contribution in [0.4, 0.5) is 0 Å². The zero-order valence-corrected chi connectivity index (χ0v) is 28.9. The van der Waals surface area contributed by atoms with Crippen LogP contribution in [-0.4, -0.2) is 15.0 Å². The molecule has 2 aromatic heterocycles. The summed E-state index contributed by atoms with van der Waals surface area (Å²) in [5.41, 5.74) is 11.0. The van der Waals surface area contributed by atoms with Crippen molar-refractivity contribution < 1.29 is 0 Å². The summed E-state index contributed by atoms with van der Waals surface area (Å²) in [6, 6.07) is 60.7. The van der Waals surface area contributed by atoms with Crippen LogP contribution in [0.3, 0.4) is 0 Å². The lowest BCUT2D eigenvalue weighted by molar-refractivity contribution is 0.770. The van der Waals surface area contributed by atoms with Crippen LogP contribution < -0.4 is 0 Å². The maximum atomic E-state index is 6.62. The molecule has 0 atom stereocenters. The van der Waals surface area contributed by atoms with Crippen molar-refractivity contribution in [3.05, 3.63) is 197 Å². The fourth-order valence-corrected chi connectivity index (χ4v) is 9.35. The minimum atomic E-state index is -0.518. The first-order valence-electron chi connectivity index (χ1n) is 17.0. The third-order valence-corrected chi connectivity index (χ3v) is 11.5. The smallest absolute Gasteiger partial charge is 0.208 e. The van der Waals surface area contributed by atoms with E-state index in [9.17, 15) is 0 Å². The van der Waals surface area contributed by atoms with Crippen LogP contribution in [0.1, 0.15) is 22.3 Å². The van der Waals surface area contributed by atoms with E-state index in [0.717, 1.165) is 22.3 Å². The summed E-state index contributed by atoms with van der Waals surface area (Å²) >= 11 is 8.39. The molecule has 0 spiro atoms. The summed E-state index contributed by atoms with van der Waals surface area (Å²) < 4.78 is 2.45. The van der Waals surface area contributed by atoms with Crippen LogP contribution in [0, 0.1) is 0 Å². The first kappa shape index (κ1) is 29.9. The van der Waals surface area contributed by atoms with E-state index in [2.05, 4.69) is 174 Å². The Morgan fingerprint density at radius 3 is 1.69 bits per heavy atom. The lowest BCUT2D eigenvalue weighted by atomic mass is 9.66. The minimum absolute atomic E-state index is 0.166. The summed E-state index contributed by atoms with van der Waals surface area (Å²) in [6.45, 7) is 0. The molecule has 3 nitrogen and oxygen atoms in total. The number of nitrogens with zero attached hydrogens (tertiary/aromatic N) is 3. The summed E-state index contributed by atoms with van der Waals surface area (Å²) in [7, 11) is 0. The van der Waals surface area contributed by atoms with E-state index < -0.39 is 5.41 Å². The van der Waals surface area contributed by atoms with Crippen molar-refractivity contribution in [2.45, 2.75) is 5.41 Å². The number of rotatable bonds is 5. The molecule has 9 aromatic rings.